The molecule has 5 heteroatoms. The van der Waals surface area contributed by atoms with E-state index in [2.05, 4.69) is 13.8 Å². The number of hydrogen-bond donors (Lipinski definition) is 0. The zero-order valence-corrected chi connectivity index (χ0v) is 34.1. The van der Waals surface area contributed by atoms with Gasteiger partial charge in [0, 0.05) is 12.8 Å². The van der Waals surface area contributed by atoms with Gasteiger partial charge in [0.15, 0.2) is 0 Å². The van der Waals surface area contributed by atoms with E-state index in [-0.39, 0.29) is 93.1 Å². The van der Waals surface area contributed by atoms with Gasteiger partial charge in [0.1, 0.15) is 0 Å². The minimum Gasteiger partial charge on any atom is -1.00 e. The van der Waals surface area contributed by atoms with Crippen LogP contribution in [0.1, 0.15) is 238 Å². The van der Waals surface area contributed by atoms with E-state index in [4.69, 9.17) is 4.74 Å². The Labute approximate surface area is 336 Å². The van der Waals surface area contributed by atoms with Crippen molar-refractivity contribution in [2.75, 3.05) is 0 Å². The summed E-state index contributed by atoms with van der Waals surface area (Å²) < 4.78 is 5.02. The summed E-state index contributed by atoms with van der Waals surface area (Å²) in [5.41, 5.74) is 0. The number of carbonyl (C=O) groups is 2. The second kappa shape index (κ2) is 43.7. The average molecular weight is 663 g/mol. The standard InChI is InChI=1S/C38H74O3.2Ca.4H/c1-3-5-7-9-11-13-15-17-18-19-20-21-22-24-26-28-30-32-34-36-38(40)41-37(39)35-33-31-29-27-25-23-16-14-12-10-8-6-4-2;;;;;;/h3-36H2,1-2H3;;;;;;/q;2*+2;4*-1. The van der Waals surface area contributed by atoms with Gasteiger partial charge in [-0.15, -0.1) is 0 Å². The maximum atomic E-state index is 11.9. The molecule has 0 fully saturated rings. The van der Waals surface area contributed by atoms with Crippen LogP contribution in [0.5, 0.6) is 0 Å². The van der Waals surface area contributed by atoms with Gasteiger partial charge in [0.2, 0.25) is 0 Å². The predicted molar refractivity (Wildman–Crippen MR) is 195 cm³/mol. The molecular weight excluding hydrogens is 585 g/mol. The normalized spacial score (nSPS) is 10.7. The second-order valence-corrected chi connectivity index (χ2v) is 13.0. The van der Waals surface area contributed by atoms with E-state index >= 15 is 0 Å². The molecule has 0 N–H and O–H groups in total. The Hall–Kier alpha value is 1.66. The molecule has 0 saturated heterocycles. The summed E-state index contributed by atoms with van der Waals surface area (Å²) in [5.74, 6) is -0.646. The first-order valence-electron chi connectivity index (χ1n) is 18.9. The van der Waals surface area contributed by atoms with Crippen molar-refractivity contribution in [3.63, 3.8) is 0 Å². The van der Waals surface area contributed by atoms with Crippen LogP contribution in [0.25, 0.3) is 0 Å². The molecule has 3 nitrogen and oxygen atoms in total. The van der Waals surface area contributed by atoms with E-state index in [0.29, 0.717) is 12.8 Å². The van der Waals surface area contributed by atoms with Crippen molar-refractivity contribution in [2.45, 2.75) is 232 Å². The number of ether oxygens (including phenoxy) is 1. The number of hydrogen-bond acceptors (Lipinski definition) is 3. The molecule has 0 aliphatic heterocycles. The Balaban J connectivity index is -0.000000533. The van der Waals surface area contributed by atoms with Gasteiger partial charge in [-0.1, -0.05) is 206 Å². The molecule has 0 aromatic rings. The molecule has 0 aromatic carbocycles. The first-order valence-corrected chi connectivity index (χ1v) is 18.9. The van der Waals surface area contributed by atoms with Crippen LogP contribution in [0.15, 0.2) is 0 Å². The molecule has 0 radical (unpaired) electrons. The molecule has 0 aliphatic rings. The molecule has 0 saturated carbocycles. The van der Waals surface area contributed by atoms with Crippen molar-refractivity contribution in [3.8, 4) is 0 Å². The van der Waals surface area contributed by atoms with Gasteiger partial charge in [-0.2, -0.15) is 0 Å². The molecular formula is C38H78Ca2O3. The SMILES string of the molecule is CCCCCCCCCCCCCCCCCCCCCC(=O)OC(=O)CCCCCCCCCCCCCCC.[Ca+2].[Ca+2].[H-].[H-].[H-].[H-]. The summed E-state index contributed by atoms with van der Waals surface area (Å²) in [4.78, 5) is 23.8. The third kappa shape index (κ3) is 43.7. The third-order valence-corrected chi connectivity index (χ3v) is 8.70. The van der Waals surface area contributed by atoms with Crippen molar-refractivity contribution < 1.29 is 20.0 Å². The van der Waals surface area contributed by atoms with E-state index in [1.807, 2.05) is 0 Å². The molecule has 0 spiro atoms. The Bertz CT molecular complexity index is 561. The predicted octanol–water partition coefficient (Wildman–Crippen LogP) is 13.0. The smallest absolute Gasteiger partial charge is 1.00 e. The molecule has 43 heavy (non-hydrogen) atoms. The Morgan fingerprint density at radius 1 is 0.326 bits per heavy atom. The molecule has 0 heterocycles. The zero-order chi connectivity index (χ0) is 29.9. The summed E-state index contributed by atoms with van der Waals surface area (Å²) in [6.07, 6.45) is 43.1. The summed E-state index contributed by atoms with van der Waals surface area (Å²) in [7, 11) is 0. The maximum absolute atomic E-state index is 11.9. The van der Waals surface area contributed by atoms with Crippen LogP contribution >= 0.6 is 0 Å². The summed E-state index contributed by atoms with van der Waals surface area (Å²) in [6.45, 7) is 4.56. The third-order valence-electron chi connectivity index (χ3n) is 8.70. The first kappa shape index (κ1) is 49.1. The van der Waals surface area contributed by atoms with Crippen LogP contribution in [0.4, 0.5) is 0 Å². The molecule has 0 rings (SSSR count). The number of rotatable bonds is 34. The van der Waals surface area contributed by atoms with Gasteiger partial charge in [-0.25, -0.2) is 0 Å². The number of unbranched alkanes of at least 4 members (excludes halogenated alkanes) is 30. The van der Waals surface area contributed by atoms with E-state index in [1.54, 1.807) is 0 Å². The molecule has 0 amide bonds. The molecule has 0 unspecified atom stereocenters. The summed E-state index contributed by atoms with van der Waals surface area (Å²) in [5, 5.41) is 0. The minimum atomic E-state index is -0.323. The van der Waals surface area contributed by atoms with E-state index < -0.39 is 0 Å². The van der Waals surface area contributed by atoms with Crippen molar-refractivity contribution in [1.29, 1.82) is 0 Å². The Morgan fingerprint density at radius 3 is 0.674 bits per heavy atom. The van der Waals surface area contributed by atoms with Gasteiger partial charge in [-0.3, -0.25) is 9.59 Å². The van der Waals surface area contributed by atoms with Crippen molar-refractivity contribution >= 4 is 87.4 Å². The maximum Gasteiger partial charge on any atom is 2.00 e. The monoisotopic (exact) mass is 663 g/mol. The number of esters is 2. The fraction of sp³-hybridized carbons (Fsp3) is 0.947. The quantitative estimate of drug-likeness (QED) is 0.0298. The average Bonchev–Trinajstić information content (AvgIpc) is 2.96. The van der Waals surface area contributed by atoms with Crippen molar-refractivity contribution in [1.82, 2.24) is 0 Å². The van der Waals surface area contributed by atoms with Gasteiger partial charge in [0.25, 0.3) is 0 Å². The molecule has 0 aliphatic carbocycles. The summed E-state index contributed by atoms with van der Waals surface area (Å²) >= 11 is 0. The van der Waals surface area contributed by atoms with E-state index in [0.717, 1.165) is 25.7 Å². The van der Waals surface area contributed by atoms with Gasteiger partial charge < -0.3 is 10.4 Å². The molecule has 252 valence electrons. The zero-order valence-electron chi connectivity index (χ0n) is 33.7. The van der Waals surface area contributed by atoms with Gasteiger partial charge >= 0.3 is 87.4 Å². The van der Waals surface area contributed by atoms with Crippen LogP contribution in [0.2, 0.25) is 0 Å². The molecule has 0 atom stereocenters. The minimum absolute atomic E-state index is 0. The van der Waals surface area contributed by atoms with Gasteiger partial charge in [-0.05, 0) is 12.8 Å². The first-order chi connectivity index (χ1) is 20.2. The van der Waals surface area contributed by atoms with Crippen molar-refractivity contribution in [3.05, 3.63) is 0 Å². The largest absolute Gasteiger partial charge is 2.00 e. The van der Waals surface area contributed by atoms with Crippen LogP contribution in [-0.2, 0) is 14.3 Å². The van der Waals surface area contributed by atoms with Crippen LogP contribution < -0.4 is 0 Å². The number of carbonyl (C=O) groups excluding carboxylic acids is 2. The van der Waals surface area contributed by atoms with Crippen LogP contribution in [-0.4, -0.2) is 87.4 Å². The Morgan fingerprint density at radius 2 is 0.488 bits per heavy atom. The summed E-state index contributed by atoms with van der Waals surface area (Å²) in [6, 6.07) is 0. The van der Waals surface area contributed by atoms with E-state index in [9.17, 15) is 9.59 Å². The molecule has 0 aromatic heterocycles. The van der Waals surface area contributed by atoms with E-state index in [1.165, 1.54) is 180 Å². The fourth-order valence-corrected chi connectivity index (χ4v) is 5.86. The fourth-order valence-electron chi connectivity index (χ4n) is 5.86. The Kier molecular flexibility index (Phi) is 49.8. The topological polar surface area (TPSA) is 43.4 Å². The van der Waals surface area contributed by atoms with Crippen LogP contribution in [0.3, 0.4) is 0 Å². The van der Waals surface area contributed by atoms with Crippen molar-refractivity contribution in [2.24, 2.45) is 0 Å². The molecule has 0 bridgehead atoms. The van der Waals surface area contributed by atoms with Crippen LogP contribution in [0, 0.1) is 0 Å². The second-order valence-electron chi connectivity index (χ2n) is 13.0. The van der Waals surface area contributed by atoms with Gasteiger partial charge in [0.05, 0.1) is 0 Å².